The molecule has 3 aromatic rings. The van der Waals surface area contributed by atoms with Crippen molar-refractivity contribution in [2.75, 3.05) is 11.9 Å². The van der Waals surface area contributed by atoms with Gasteiger partial charge in [-0.3, -0.25) is 9.59 Å². The Morgan fingerprint density at radius 1 is 1.21 bits per heavy atom. The summed E-state index contributed by atoms with van der Waals surface area (Å²) in [5, 5.41) is 9.85. The van der Waals surface area contributed by atoms with E-state index < -0.39 is 0 Å². The molecule has 0 bridgehead atoms. The molecule has 0 aromatic carbocycles. The number of anilines is 1. The Labute approximate surface area is 151 Å². The highest BCUT2D eigenvalue weighted by molar-refractivity contribution is 7.17. The van der Waals surface area contributed by atoms with E-state index in [1.54, 1.807) is 17.4 Å². The molecule has 0 unspecified atom stereocenters. The van der Waals surface area contributed by atoms with Crippen molar-refractivity contribution in [3.63, 3.8) is 0 Å². The van der Waals surface area contributed by atoms with E-state index in [0.29, 0.717) is 16.6 Å². The number of amides is 2. The van der Waals surface area contributed by atoms with Gasteiger partial charge in [-0.15, -0.1) is 34.0 Å². The first-order chi connectivity index (χ1) is 11.6. The van der Waals surface area contributed by atoms with Crippen LogP contribution >= 0.6 is 34.0 Å². The van der Waals surface area contributed by atoms with Gasteiger partial charge in [0.25, 0.3) is 5.91 Å². The van der Waals surface area contributed by atoms with E-state index in [2.05, 4.69) is 15.6 Å². The number of nitrogens with zero attached hydrogens (tertiary/aromatic N) is 1. The second kappa shape index (κ2) is 7.69. The molecule has 124 valence electrons. The van der Waals surface area contributed by atoms with Gasteiger partial charge in [0.15, 0.2) is 5.13 Å². The molecular weight excluding hydrogens is 362 g/mol. The van der Waals surface area contributed by atoms with Crippen molar-refractivity contribution in [3.8, 4) is 10.6 Å². The summed E-state index contributed by atoms with van der Waals surface area (Å²) in [7, 11) is 0. The minimum absolute atomic E-state index is 0.151. The third-order valence-corrected chi connectivity index (χ3v) is 5.78. The molecule has 3 aromatic heterocycles. The fourth-order valence-electron chi connectivity index (χ4n) is 1.98. The van der Waals surface area contributed by atoms with Crippen molar-refractivity contribution in [2.45, 2.75) is 13.3 Å². The third-order valence-electron chi connectivity index (χ3n) is 3.13. The number of thiazole rings is 1. The van der Waals surface area contributed by atoms with Crippen LogP contribution < -0.4 is 10.6 Å². The normalized spacial score (nSPS) is 10.5. The SMILES string of the molecule is Cc1ccc(-c2csc(NC(=O)CCNC(=O)c3cccs3)n2)s1. The Kier molecular flexibility index (Phi) is 5.39. The predicted octanol–water partition coefficient (Wildman–Crippen LogP) is 4.00. The second-order valence-electron chi connectivity index (χ2n) is 4.98. The van der Waals surface area contributed by atoms with Gasteiger partial charge in [0, 0.05) is 23.2 Å². The molecule has 0 radical (unpaired) electrons. The van der Waals surface area contributed by atoms with E-state index in [0.717, 1.165) is 10.6 Å². The van der Waals surface area contributed by atoms with Crippen LogP contribution in [0.1, 0.15) is 21.0 Å². The number of hydrogen-bond donors (Lipinski definition) is 2. The van der Waals surface area contributed by atoms with Gasteiger partial charge < -0.3 is 10.6 Å². The van der Waals surface area contributed by atoms with Gasteiger partial charge >= 0.3 is 0 Å². The first-order valence-corrected chi connectivity index (χ1v) is 9.83. The van der Waals surface area contributed by atoms with Crippen LogP contribution in [-0.2, 0) is 4.79 Å². The van der Waals surface area contributed by atoms with Crippen molar-refractivity contribution >= 4 is 51.0 Å². The van der Waals surface area contributed by atoms with Gasteiger partial charge in [-0.1, -0.05) is 6.07 Å². The zero-order chi connectivity index (χ0) is 16.9. The lowest BCUT2D eigenvalue weighted by Crippen LogP contribution is -2.27. The van der Waals surface area contributed by atoms with Crippen molar-refractivity contribution < 1.29 is 9.59 Å². The zero-order valence-electron chi connectivity index (χ0n) is 12.9. The summed E-state index contributed by atoms with van der Waals surface area (Å²) in [6.07, 6.45) is 0.212. The van der Waals surface area contributed by atoms with Crippen LogP contribution in [0.25, 0.3) is 10.6 Å². The van der Waals surface area contributed by atoms with Crippen LogP contribution in [-0.4, -0.2) is 23.3 Å². The van der Waals surface area contributed by atoms with Crippen molar-refractivity contribution in [1.29, 1.82) is 0 Å². The van der Waals surface area contributed by atoms with Crippen LogP contribution in [0, 0.1) is 6.92 Å². The Morgan fingerprint density at radius 2 is 2.08 bits per heavy atom. The molecule has 0 aliphatic rings. The Bertz CT molecular complexity index is 837. The Morgan fingerprint density at radius 3 is 2.79 bits per heavy atom. The molecule has 3 heterocycles. The first kappa shape index (κ1) is 16.8. The lowest BCUT2D eigenvalue weighted by molar-refractivity contribution is -0.116. The minimum atomic E-state index is -0.162. The number of nitrogens with one attached hydrogen (secondary N) is 2. The van der Waals surface area contributed by atoms with Gasteiger partial charge in [0.05, 0.1) is 15.4 Å². The van der Waals surface area contributed by atoms with E-state index >= 15 is 0 Å². The molecule has 2 amide bonds. The molecule has 3 rings (SSSR count). The molecule has 0 atom stereocenters. The molecule has 0 aliphatic heterocycles. The van der Waals surface area contributed by atoms with Crippen LogP contribution in [0.3, 0.4) is 0 Å². The van der Waals surface area contributed by atoms with E-state index in [9.17, 15) is 9.59 Å². The van der Waals surface area contributed by atoms with Crippen LogP contribution in [0.15, 0.2) is 35.0 Å². The quantitative estimate of drug-likeness (QED) is 0.682. The first-order valence-electron chi connectivity index (χ1n) is 7.26. The lowest BCUT2D eigenvalue weighted by atomic mass is 10.3. The number of rotatable bonds is 6. The lowest BCUT2D eigenvalue weighted by Gasteiger charge is -2.03. The maximum absolute atomic E-state index is 11.9. The summed E-state index contributed by atoms with van der Waals surface area (Å²) in [5.41, 5.74) is 0.874. The molecular formula is C16H15N3O2S3. The van der Waals surface area contributed by atoms with Crippen molar-refractivity contribution in [1.82, 2.24) is 10.3 Å². The maximum atomic E-state index is 11.9. The van der Waals surface area contributed by atoms with Crippen molar-refractivity contribution in [2.24, 2.45) is 0 Å². The highest BCUT2D eigenvalue weighted by Gasteiger charge is 2.10. The van der Waals surface area contributed by atoms with E-state index in [1.807, 2.05) is 35.9 Å². The average Bonchev–Trinajstić information content (AvgIpc) is 3.27. The van der Waals surface area contributed by atoms with Gasteiger partial charge in [-0.2, -0.15) is 0 Å². The van der Waals surface area contributed by atoms with E-state index in [-0.39, 0.29) is 18.2 Å². The molecule has 24 heavy (non-hydrogen) atoms. The van der Waals surface area contributed by atoms with Crippen molar-refractivity contribution in [3.05, 3.63) is 44.8 Å². The van der Waals surface area contributed by atoms with Crippen LogP contribution in [0.2, 0.25) is 0 Å². The van der Waals surface area contributed by atoms with Gasteiger partial charge in [0.2, 0.25) is 5.91 Å². The average molecular weight is 378 g/mol. The Balaban J connectivity index is 1.47. The van der Waals surface area contributed by atoms with Crippen LogP contribution in [0.5, 0.6) is 0 Å². The highest BCUT2D eigenvalue weighted by Crippen LogP contribution is 2.30. The Hall–Kier alpha value is -2.03. The monoisotopic (exact) mass is 377 g/mol. The number of carbonyl (C=O) groups excluding carboxylic acids is 2. The minimum Gasteiger partial charge on any atom is -0.351 e. The summed E-state index contributed by atoms with van der Waals surface area (Å²) < 4.78 is 0. The predicted molar refractivity (Wildman–Crippen MR) is 100 cm³/mol. The van der Waals surface area contributed by atoms with E-state index in [1.165, 1.54) is 27.6 Å². The molecule has 0 spiro atoms. The summed E-state index contributed by atoms with van der Waals surface area (Å²) in [6.45, 7) is 2.35. The number of aryl methyl sites for hydroxylation is 1. The smallest absolute Gasteiger partial charge is 0.261 e. The topological polar surface area (TPSA) is 71.1 Å². The van der Waals surface area contributed by atoms with E-state index in [4.69, 9.17) is 0 Å². The molecule has 2 N–H and O–H groups in total. The molecule has 0 saturated carbocycles. The molecule has 0 saturated heterocycles. The number of thiophene rings is 2. The summed E-state index contributed by atoms with van der Waals surface area (Å²) in [6, 6.07) is 7.65. The fraction of sp³-hybridized carbons (Fsp3) is 0.188. The highest BCUT2D eigenvalue weighted by atomic mass is 32.1. The third kappa shape index (κ3) is 4.28. The number of carbonyl (C=O) groups is 2. The van der Waals surface area contributed by atoms with Gasteiger partial charge in [0.1, 0.15) is 0 Å². The fourth-order valence-corrected chi connectivity index (χ4v) is 4.25. The number of hydrogen-bond acceptors (Lipinski definition) is 6. The zero-order valence-corrected chi connectivity index (χ0v) is 15.3. The molecule has 0 fully saturated rings. The van der Waals surface area contributed by atoms with Gasteiger partial charge in [-0.25, -0.2) is 4.98 Å². The summed E-state index contributed by atoms with van der Waals surface area (Å²) >= 11 is 4.45. The second-order valence-corrected chi connectivity index (χ2v) is 8.07. The summed E-state index contributed by atoms with van der Waals surface area (Å²) in [5.74, 6) is -0.313. The molecule has 8 heteroatoms. The number of aromatic nitrogens is 1. The standard InChI is InChI=1S/C16H15N3O2S3/c1-10-4-5-12(24-10)11-9-23-16(18-11)19-14(20)6-7-17-15(21)13-3-2-8-22-13/h2-5,8-9H,6-7H2,1H3,(H,17,21)(H,18,19,20). The largest absolute Gasteiger partial charge is 0.351 e. The summed E-state index contributed by atoms with van der Waals surface area (Å²) in [4.78, 5) is 31.1. The van der Waals surface area contributed by atoms with Crippen LogP contribution in [0.4, 0.5) is 5.13 Å². The van der Waals surface area contributed by atoms with Gasteiger partial charge in [-0.05, 0) is 30.5 Å². The maximum Gasteiger partial charge on any atom is 0.261 e. The molecule has 0 aliphatic carbocycles. The molecule has 5 nitrogen and oxygen atoms in total.